The molecule has 0 bridgehead atoms. The number of rotatable bonds is 1. The Morgan fingerprint density at radius 3 is 2.67 bits per heavy atom. The lowest BCUT2D eigenvalue weighted by molar-refractivity contribution is 0.491. The summed E-state index contributed by atoms with van der Waals surface area (Å²) in [6, 6.07) is 7.98. The van der Waals surface area contributed by atoms with E-state index in [9.17, 15) is 13.2 Å². The Labute approximate surface area is 121 Å². The molecule has 0 aliphatic carbocycles. The second-order valence-electron chi connectivity index (χ2n) is 4.30. The van der Waals surface area contributed by atoms with Crippen molar-refractivity contribution >= 4 is 23.3 Å². The summed E-state index contributed by atoms with van der Waals surface area (Å²) in [5.41, 5.74) is 0.700. The predicted octanol–water partition coefficient (Wildman–Crippen LogP) is 3.98. The van der Waals surface area contributed by atoms with E-state index in [4.69, 9.17) is 17.5 Å². The number of para-hydroxylation sites is 1. The maximum absolute atomic E-state index is 13.9. The van der Waals surface area contributed by atoms with Gasteiger partial charge in [-0.3, -0.25) is 4.57 Å². The molecule has 104 valence electrons. The molecule has 3 nitrogen and oxygen atoms in total. The van der Waals surface area contributed by atoms with E-state index in [2.05, 4.69) is 4.98 Å². The van der Waals surface area contributed by atoms with Crippen molar-refractivity contribution in [3.63, 3.8) is 0 Å². The summed E-state index contributed by atoms with van der Waals surface area (Å²) in [5, 5.41) is 9.04. The van der Waals surface area contributed by atoms with Gasteiger partial charge in [0.05, 0.1) is 22.3 Å². The number of nitrogens with one attached hydrogen (secondary N) is 1. The summed E-state index contributed by atoms with van der Waals surface area (Å²) >= 11 is 5.08. The Kier molecular flexibility index (Phi) is 3.03. The quantitative estimate of drug-likeness (QED) is 0.546. The highest BCUT2D eigenvalue weighted by Gasteiger charge is 2.17. The van der Waals surface area contributed by atoms with Crippen LogP contribution >= 0.6 is 12.2 Å². The molecule has 0 fully saturated rings. The molecule has 1 N–H and O–H groups in total. The third-order valence-corrected chi connectivity index (χ3v) is 3.34. The van der Waals surface area contributed by atoms with Gasteiger partial charge in [0, 0.05) is 12.1 Å². The van der Waals surface area contributed by atoms with Gasteiger partial charge in [0.25, 0.3) is 0 Å². The highest BCUT2D eigenvalue weighted by Crippen LogP contribution is 2.25. The molecule has 0 unspecified atom stereocenters. The molecule has 3 rings (SSSR count). The first-order valence-electron chi connectivity index (χ1n) is 5.81. The Balaban J connectivity index is 2.45. The molecular formula is C14H6F3N3S. The number of aromatic amines is 1. The Morgan fingerprint density at radius 2 is 1.95 bits per heavy atom. The molecule has 2 aromatic carbocycles. The third-order valence-electron chi connectivity index (χ3n) is 3.05. The summed E-state index contributed by atoms with van der Waals surface area (Å²) in [6.45, 7) is 0. The minimum atomic E-state index is -1.31. The molecule has 0 saturated carbocycles. The van der Waals surface area contributed by atoms with Crippen LogP contribution in [0.4, 0.5) is 13.2 Å². The van der Waals surface area contributed by atoms with E-state index in [1.807, 2.05) is 6.07 Å². The average molecular weight is 305 g/mol. The van der Waals surface area contributed by atoms with E-state index in [1.165, 1.54) is 0 Å². The van der Waals surface area contributed by atoms with E-state index < -0.39 is 17.5 Å². The molecule has 0 atom stereocenters. The van der Waals surface area contributed by atoms with Crippen LogP contribution in [0.5, 0.6) is 0 Å². The van der Waals surface area contributed by atoms with Crippen molar-refractivity contribution in [2.24, 2.45) is 0 Å². The van der Waals surface area contributed by atoms with Gasteiger partial charge in [0.1, 0.15) is 11.9 Å². The summed E-state index contributed by atoms with van der Waals surface area (Å²) < 4.78 is 41.9. The van der Waals surface area contributed by atoms with E-state index in [1.54, 1.807) is 18.2 Å². The SMILES string of the molecule is N#Cc1cccc2c1[nH]c(=S)n2-c1cc(F)cc(F)c1F. The molecule has 0 aliphatic rings. The molecule has 0 aliphatic heterocycles. The lowest BCUT2D eigenvalue weighted by atomic mass is 10.2. The fraction of sp³-hybridized carbons (Fsp3) is 0. The third kappa shape index (κ3) is 2.00. The van der Waals surface area contributed by atoms with Gasteiger partial charge >= 0.3 is 0 Å². The molecule has 1 heterocycles. The van der Waals surface area contributed by atoms with Crippen LogP contribution < -0.4 is 0 Å². The minimum absolute atomic E-state index is 0.0385. The zero-order chi connectivity index (χ0) is 15.1. The van der Waals surface area contributed by atoms with Crippen molar-refractivity contribution in [1.82, 2.24) is 9.55 Å². The summed E-state index contributed by atoms with van der Waals surface area (Å²) in [5.74, 6) is -3.44. The zero-order valence-corrected chi connectivity index (χ0v) is 11.1. The minimum Gasteiger partial charge on any atom is -0.329 e. The standard InChI is InChI=1S/C14H6F3N3S/c15-8-4-9(16)12(17)11(5-8)20-10-3-1-2-7(6-18)13(10)19-14(20)21/h1-5H,(H,19,21). The Bertz CT molecular complexity index is 966. The summed E-state index contributed by atoms with van der Waals surface area (Å²) in [4.78, 5) is 2.75. The first-order chi connectivity index (χ1) is 10.0. The fourth-order valence-electron chi connectivity index (χ4n) is 2.17. The number of aromatic nitrogens is 2. The van der Waals surface area contributed by atoms with Crippen molar-refractivity contribution < 1.29 is 13.2 Å². The van der Waals surface area contributed by atoms with Gasteiger partial charge in [-0.15, -0.1) is 0 Å². The van der Waals surface area contributed by atoms with Crippen LogP contribution in [0.1, 0.15) is 5.56 Å². The molecule has 7 heteroatoms. The van der Waals surface area contributed by atoms with Crippen molar-refractivity contribution in [3.8, 4) is 11.8 Å². The van der Waals surface area contributed by atoms with Crippen LogP contribution in [-0.2, 0) is 0 Å². The normalized spacial score (nSPS) is 10.8. The number of fused-ring (bicyclic) bond motifs is 1. The van der Waals surface area contributed by atoms with Crippen molar-refractivity contribution in [3.05, 3.63) is 58.1 Å². The highest BCUT2D eigenvalue weighted by molar-refractivity contribution is 7.71. The van der Waals surface area contributed by atoms with Gasteiger partial charge in [-0.2, -0.15) is 5.26 Å². The van der Waals surface area contributed by atoms with Gasteiger partial charge in [0.15, 0.2) is 16.4 Å². The van der Waals surface area contributed by atoms with Crippen LogP contribution in [0.3, 0.4) is 0 Å². The first-order valence-corrected chi connectivity index (χ1v) is 6.22. The number of H-pyrrole nitrogens is 1. The van der Waals surface area contributed by atoms with Gasteiger partial charge in [-0.25, -0.2) is 13.2 Å². The Morgan fingerprint density at radius 1 is 1.19 bits per heavy atom. The number of nitriles is 1. The van der Waals surface area contributed by atoms with Gasteiger partial charge in [-0.05, 0) is 24.4 Å². The molecule has 0 radical (unpaired) electrons. The number of imidazole rings is 1. The smallest absolute Gasteiger partial charge is 0.183 e. The largest absolute Gasteiger partial charge is 0.329 e. The second kappa shape index (κ2) is 4.75. The predicted molar refractivity (Wildman–Crippen MR) is 73.0 cm³/mol. The maximum atomic E-state index is 13.9. The monoisotopic (exact) mass is 305 g/mol. The van der Waals surface area contributed by atoms with Crippen molar-refractivity contribution in [2.45, 2.75) is 0 Å². The molecule has 0 spiro atoms. The molecular weight excluding hydrogens is 299 g/mol. The highest BCUT2D eigenvalue weighted by atomic mass is 32.1. The van der Waals surface area contributed by atoms with Crippen molar-refractivity contribution in [1.29, 1.82) is 5.26 Å². The van der Waals surface area contributed by atoms with Gasteiger partial charge < -0.3 is 4.98 Å². The van der Waals surface area contributed by atoms with E-state index in [0.29, 0.717) is 22.7 Å². The Hall–Kier alpha value is -2.59. The molecule has 21 heavy (non-hydrogen) atoms. The fourth-order valence-corrected chi connectivity index (χ4v) is 2.47. The van der Waals surface area contributed by atoms with E-state index >= 15 is 0 Å². The van der Waals surface area contributed by atoms with Crippen LogP contribution in [0.15, 0.2) is 30.3 Å². The molecule has 0 amide bonds. The maximum Gasteiger partial charge on any atom is 0.183 e. The van der Waals surface area contributed by atoms with Crippen molar-refractivity contribution in [2.75, 3.05) is 0 Å². The zero-order valence-electron chi connectivity index (χ0n) is 10.3. The van der Waals surface area contributed by atoms with E-state index in [0.717, 1.165) is 10.6 Å². The second-order valence-corrected chi connectivity index (χ2v) is 4.68. The molecule has 1 aromatic heterocycles. The van der Waals surface area contributed by atoms with Gasteiger partial charge in [-0.1, -0.05) is 6.07 Å². The first kappa shape index (κ1) is 13.4. The van der Waals surface area contributed by atoms with Crippen LogP contribution in [-0.4, -0.2) is 9.55 Å². The lowest BCUT2D eigenvalue weighted by Crippen LogP contribution is -2.01. The number of nitrogens with zero attached hydrogens (tertiary/aromatic N) is 2. The van der Waals surface area contributed by atoms with E-state index in [-0.39, 0.29) is 10.5 Å². The van der Waals surface area contributed by atoms with Gasteiger partial charge in [0.2, 0.25) is 0 Å². The van der Waals surface area contributed by atoms with Crippen LogP contribution in [0.25, 0.3) is 16.7 Å². The lowest BCUT2D eigenvalue weighted by Gasteiger charge is -2.07. The number of hydrogen-bond acceptors (Lipinski definition) is 2. The summed E-state index contributed by atoms with van der Waals surface area (Å²) in [7, 11) is 0. The van der Waals surface area contributed by atoms with Crippen LogP contribution in [0, 0.1) is 33.6 Å². The number of hydrogen-bond donors (Lipinski definition) is 1. The number of benzene rings is 2. The average Bonchev–Trinajstić information content (AvgIpc) is 2.78. The topological polar surface area (TPSA) is 44.5 Å². The summed E-state index contributed by atoms with van der Waals surface area (Å²) in [6.07, 6.45) is 0. The van der Waals surface area contributed by atoms with Crippen LogP contribution in [0.2, 0.25) is 0 Å². The molecule has 0 saturated heterocycles. The molecule has 3 aromatic rings. The number of halogens is 3.